The second-order valence-corrected chi connectivity index (χ2v) is 5.00. The van der Waals surface area contributed by atoms with Gasteiger partial charge in [-0.05, 0) is 24.3 Å². The molecule has 1 aromatic carbocycles. The van der Waals surface area contributed by atoms with Crippen molar-refractivity contribution in [2.75, 3.05) is 7.11 Å². The highest BCUT2D eigenvalue weighted by atomic mass is 16.5. The highest BCUT2D eigenvalue weighted by Gasteiger charge is 2.16. The normalized spacial score (nSPS) is 10.9. The Hall–Kier alpha value is -3.48. The number of nitrogens with zero attached hydrogens (tertiary/aromatic N) is 4. The molecule has 0 saturated heterocycles. The van der Waals surface area contributed by atoms with Crippen LogP contribution in [0.4, 0.5) is 0 Å². The van der Waals surface area contributed by atoms with Gasteiger partial charge in [-0.1, -0.05) is 6.07 Å². The fourth-order valence-corrected chi connectivity index (χ4v) is 2.53. The summed E-state index contributed by atoms with van der Waals surface area (Å²) in [5.41, 5.74) is 1.14. The molecule has 0 amide bonds. The average molecular weight is 320 g/mol. The molecule has 0 bridgehead atoms. The predicted octanol–water partition coefficient (Wildman–Crippen LogP) is 2.44. The van der Waals surface area contributed by atoms with Gasteiger partial charge in [0.25, 0.3) is 5.89 Å². The monoisotopic (exact) mass is 320 g/mol. The molecular weight excluding hydrogens is 308 g/mol. The van der Waals surface area contributed by atoms with E-state index < -0.39 is 5.63 Å². The van der Waals surface area contributed by atoms with Crippen LogP contribution in [-0.4, -0.2) is 26.6 Å². The zero-order valence-electron chi connectivity index (χ0n) is 12.7. The Morgan fingerprint density at radius 3 is 2.88 bits per heavy atom. The van der Waals surface area contributed by atoms with Crippen LogP contribution < -0.4 is 10.4 Å². The average Bonchev–Trinajstić information content (AvgIpc) is 3.15. The molecule has 0 N–H and O–H groups in total. The molecule has 118 valence electrons. The molecule has 3 aromatic heterocycles. The molecule has 0 atom stereocenters. The molecule has 0 unspecified atom stereocenters. The number of methoxy groups -OCH3 is 1. The molecule has 0 fully saturated rings. The third-order valence-corrected chi connectivity index (χ3v) is 3.61. The van der Waals surface area contributed by atoms with Crippen LogP contribution in [0.2, 0.25) is 0 Å². The minimum atomic E-state index is -0.519. The van der Waals surface area contributed by atoms with Crippen LogP contribution in [0.25, 0.3) is 28.2 Å². The number of ether oxygens (including phenoxy) is 1. The number of pyridine rings is 1. The summed E-state index contributed by atoms with van der Waals surface area (Å²) < 4.78 is 12.4. The number of rotatable bonds is 3. The molecule has 0 aliphatic carbocycles. The Balaban J connectivity index is 1.98. The standard InChI is InChI=1S/C17H12N4O3/c1-23-13-6-2-4-11-14(13)17(22)24-16(20-11)15-12(5-3-7-19-15)21-9-8-18-10-21/h2-10H,1H3. The van der Waals surface area contributed by atoms with Crippen LogP contribution in [0.5, 0.6) is 5.75 Å². The minimum Gasteiger partial charge on any atom is -0.496 e. The lowest BCUT2D eigenvalue weighted by Gasteiger charge is -2.08. The first kappa shape index (κ1) is 14.1. The van der Waals surface area contributed by atoms with Crippen LogP contribution in [0.15, 0.2) is 64.5 Å². The summed E-state index contributed by atoms with van der Waals surface area (Å²) in [7, 11) is 1.50. The van der Waals surface area contributed by atoms with E-state index in [0.29, 0.717) is 28.0 Å². The molecular formula is C17H12N4O3. The van der Waals surface area contributed by atoms with E-state index in [9.17, 15) is 4.79 Å². The largest absolute Gasteiger partial charge is 0.496 e. The second kappa shape index (κ2) is 5.62. The summed E-state index contributed by atoms with van der Waals surface area (Å²) in [6, 6.07) is 8.84. The third-order valence-electron chi connectivity index (χ3n) is 3.61. The topological polar surface area (TPSA) is 83.0 Å². The molecule has 24 heavy (non-hydrogen) atoms. The number of hydrogen-bond acceptors (Lipinski definition) is 6. The zero-order valence-corrected chi connectivity index (χ0v) is 12.7. The van der Waals surface area contributed by atoms with Crippen molar-refractivity contribution in [3.8, 4) is 23.0 Å². The molecule has 4 rings (SSSR count). The van der Waals surface area contributed by atoms with Crippen molar-refractivity contribution in [3.05, 3.63) is 65.7 Å². The Morgan fingerprint density at radius 1 is 1.17 bits per heavy atom. The van der Waals surface area contributed by atoms with Crippen molar-refractivity contribution in [3.63, 3.8) is 0 Å². The van der Waals surface area contributed by atoms with Gasteiger partial charge in [-0.3, -0.25) is 0 Å². The highest BCUT2D eigenvalue weighted by Crippen LogP contribution is 2.26. The SMILES string of the molecule is COc1cccc2nc(-c3ncccc3-n3ccnc3)oc(=O)c12. The van der Waals surface area contributed by atoms with E-state index in [1.165, 1.54) is 7.11 Å². The Bertz CT molecular complexity index is 1070. The number of aromatic nitrogens is 4. The Labute approximate surface area is 136 Å². The van der Waals surface area contributed by atoms with Gasteiger partial charge in [-0.25, -0.2) is 19.7 Å². The number of fused-ring (bicyclic) bond motifs is 1. The molecule has 7 heteroatoms. The summed E-state index contributed by atoms with van der Waals surface area (Å²) in [5.74, 6) is 0.571. The van der Waals surface area contributed by atoms with E-state index in [0.717, 1.165) is 0 Å². The molecule has 7 nitrogen and oxygen atoms in total. The van der Waals surface area contributed by atoms with E-state index in [1.54, 1.807) is 53.8 Å². The lowest BCUT2D eigenvalue weighted by Crippen LogP contribution is -2.06. The lowest BCUT2D eigenvalue weighted by atomic mass is 10.2. The number of imidazole rings is 1. The smallest absolute Gasteiger partial charge is 0.350 e. The summed E-state index contributed by atoms with van der Waals surface area (Å²) >= 11 is 0. The first-order valence-corrected chi connectivity index (χ1v) is 7.19. The molecule has 0 radical (unpaired) electrons. The van der Waals surface area contributed by atoms with Gasteiger partial charge in [0.2, 0.25) is 0 Å². The van der Waals surface area contributed by atoms with Gasteiger partial charge >= 0.3 is 5.63 Å². The third kappa shape index (κ3) is 2.23. The van der Waals surface area contributed by atoms with E-state index in [2.05, 4.69) is 15.0 Å². The van der Waals surface area contributed by atoms with Crippen molar-refractivity contribution in [2.45, 2.75) is 0 Å². The van der Waals surface area contributed by atoms with Crippen molar-refractivity contribution < 1.29 is 9.15 Å². The maximum atomic E-state index is 12.4. The van der Waals surface area contributed by atoms with Gasteiger partial charge in [0.15, 0.2) is 0 Å². The maximum absolute atomic E-state index is 12.4. The van der Waals surface area contributed by atoms with Crippen LogP contribution in [0, 0.1) is 0 Å². The van der Waals surface area contributed by atoms with Crippen LogP contribution >= 0.6 is 0 Å². The van der Waals surface area contributed by atoms with Gasteiger partial charge in [0.05, 0.1) is 24.6 Å². The zero-order chi connectivity index (χ0) is 16.5. The van der Waals surface area contributed by atoms with E-state index in [4.69, 9.17) is 9.15 Å². The van der Waals surface area contributed by atoms with Crippen LogP contribution in [0.1, 0.15) is 0 Å². The van der Waals surface area contributed by atoms with E-state index >= 15 is 0 Å². The first-order chi connectivity index (χ1) is 11.8. The number of benzene rings is 1. The predicted molar refractivity (Wildman–Crippen MR) is 87.2 cm³/mol. The summed E-state index contributed by atoms with van der Waals surface area (Å²) in [6.45, 7) is 0. The second-order valence-electron chi connectivity index (χ2n) is 5.00. The Morgan fingerprint density at radius 2 is 2.08 bits per heavy atom. The minimum absolute atomic E-state index is 0.144. The van der Waals surface area contributed by atoms with Gasteiger partial charge < -0.3 is 13.7 Å². The lowest BCUT2D eigenvalue weighted by molar-refractivity contribution is 0.416. The molecule has 0 saturated carbocycles. The number of hydrogen-bond donors (Lipinski definition) is 0. The molecule has 0 aliphatic heterocycles. The van der Waals surface area contributed by atoms with Crippen molar-refractivity contribution in [1.29, 1.82) is 0 Å². The fraction of sp³-hybridized carbons (Fsp3) is 0.0588. The van der Waals surface area contributed by atoms with Gasteiger partial charge in [-0.2, -0.15) is 0 Å². The van der Waals surface area contributed by atoms with Gasteiger partial charge in [-0.15, -0.1) is 0 Å². The van der Waals surface area contributed by atoms with Crippen molar-refractivity contribution in [1.82, 2.24) is 19.5 Å². The first-order valence-electron chi connectivity index (χ1n) is 7.19. The summed E-state index contributed by atoms with van der Waals surface area (Å²) in [6.07, 6.45) is 6.70. The van der Waals surface area contributed by atoms with Crippen molar-refractivity contribution >= 4 is 10.9 Å². The molecule has 0 aliphatic rings. The Kier molecular flexibility index (Phi) is 3.31. The quantitative estimate of drug-likeness (QED) is 0.576. The van der Waals surface area contributed by atoms with E-state index in [1.807, 2.05) is 6.07 Å². The molecule has 3 heterocycles. The van der Waals surface area contributed by atoms with Gasteiger partial charge in [0, 0.05) is 18.6 Å². The van der Waals surface area contributed by atoms with Gasteiger partial charge in [0.1, 0.15) is 16.8 Å². The maximum Gasteiger partial charge on any atom is 0.350 e. The molecule has 0 spiro atoms. The fourth-order valence-electron chi connectivity index (χ4n) is 2.53. The van der Waals surface area contributed by atoms with Crippen molar-refractivity contribution in [2.24, 2.45) is 0 Å². The highest BCUT2D eigenvalue weighted by molar-refractivity contribution is 5.85. The van der Waals surface area contributed by atoms with Crippen LogP contribution in [-0.2, 0) is 0 Å². The summed E-state index contributed by atoms with van der Waals surface area (Å²) in [4.78, 5) is 25.2. The van der Waals surface area contributed by atoms with E-state index in [-0.39, 0.29) is 5.89 Å². The summed E-state index contributed by atoms with van der Waals surface area (Å²) in [5, 5.41) is 0.309. The molecule has 4 aromatic rings. The van der Waals surface area contributed by atoms with Crippen LogP contribution in [0.3, 0.4) is 0 Å².